The normalized spacial score (nSPS) is 13.5. The second-order valence-corrected chi connectivity index (χ2v) is 9.30. The van der Waals surface area contributed by atoms with Crippen molar-refractivity contribution >= 4 is 17.7 Å². The number of rotatable bonds is 12. The molecule has 212 valence electrons. The second kappa shape index (κ2) is 14.9. The van der Waals surface area contributed by atoms with Crippen LogP contribution in [0.5, 0.6) is 11.5 Å². The summed E-state index contributed by atoms with van der Waals surface area (Å²) in [7, 11) is 3.20. The number of methoxy groups -OCH3 is 2. The van der Waals surface area contributed by atoms with Gasteiger partial charge in [0.1, 0.15) is 30.8 Å². The summed E-state index contributed by atoms with van der Waals surface area (Å²) in [4.78, 5) is 27.1. The number of amides is 2. The molecule has 1 N–H and O–H groups in total. The first kappa shape index (κ1) is 28.9. The van der Waals surface area contributed by atoms with Gasteiger partial charge < -0.3 is 33.9 Å². The van der Waals surface area contributed by atoms with Gasteiger partial charge in [-0.15, -0.1) is 0 Å². The minimum atomic E-state index is -0.327. The maximum atomic E-state index is 13.3. The second-order valence-electron chi connectivity index (χ2n) is 9.30. The van der Waals surface area contributed by atoms with Gasteiger partial charge in [0.25, 0.3) is 5.91 Å². The van der Waals surface area contributed by atoms with Gasteiger partial charge in [0.05, 0.1) is 13.2 Å². The number of nitrogens with zero attached hydrogens (tertiary/aromatic N) is 1. The molecule has 1 aliphatic heterocycles. The molecule has 0 bridgehead atoms. The highest BCUT2D eigenvalue weighted by atomic mass is 16.6. The number of carbonyl (C=O) groups is 2. The lowest BCUT2D eigenvalue weighted by atomic mass is 9.99. The molecule has 1 heterocycles. The van der Waals surface area contributed by atoms with Crippen molar-refractivity contribution in [2.75, 3.05) is 59.1 Å². The number of piperidine rings is 1. The molecule has 0 radical (unpaired) electrons. The molecule has 40 heavy (non-hydrogen) atoms. The van der Waals surface area contributed by atoms with Crippen molar-refractivity contribution in [3.63, 3.8) is 0 Å². The predicted octanol–water partition coefficient (Wildman–Crippen LogP) is 5.26. The number of likely N-dealkylation sites (tertiary alicyclic amines) is 1. The molecule has 4 rings (SSSR count). The minimum Gasteiger partial charge on any atom is -0.491 e. The molecule has 0 atom stereocenters. The average Bonchev–Trinajstić information content (AvgIpc) is 2.98. The highest BCUT2D eigenvalue weighted by Crippen LogP contribution is 2.28. The lowest BCUT2D eigenvalue weighted by molar-refractivity contribution is 0.0515. The van der Waals surface area contributed by atoms with Crippen molar-refractivity contribution in [1.29, 1.82) is 0 Å². The molecule has 1 aliphatic rings. The Morgan fingerprint density at radius 3 is 2.30 bits per heavy atom. The van der Waals surface area contributed by atoms with Crippen LogP contribution >= 0.6 is 0 Å². The summed E-state index contributed by atoms with van der Waals surface area (Å²) >= 11 is 0. The summed E-state index contributed by atoms with van der Waals surface area (Å²) < 4.78 is 27.0. The zero-order valence-corrected chi connectivity index (χ0v) is 23.0. The van der Waals surface area contributed by atoms with E-state index in [9.17, 15) is 9.59 Å². The van der Waals surface area contributed by atoms with Gasteiger partial charge in [-0.25, -0.2) is 4.79 Å². The third-order valence-electron chi connectivity index (χ3n) is 6.50. The molecular weight excluding hydrogens is 512 g/mol. The molecule has 0 aromatic heterocycles. The Kier molecular flexibility index (Phi) is 10.8. The topological polar surface area (TPSA) is 95.6 Å². The van der Waals surface area contributed by atoms with E-state index in [1.54, 1.807) is 19.1 Å². The summed E-state index contributed by atoms with van der Waals surface area (Å²) in [5, 5.41) is 3.00. The smallest absolute Gasteiger partial charge is 0.409 e. The zero-order chi connectivity index (χ0) is 28.2. The van der Waals surface area contributed by atoms with Gasteiger partial charge in [-0.2, -0.15) is 0 Å². The van der Waals surface area contributed by atoms with E-state index in [0.717, 1.165) is 16.9 Å². The molecule has 1 fully saturated rings. The highest BCUT2D eigenvalue weighted by Gasteiger charge is 2.25. The molecule has 2 amide bonds. The van der Waals surface area contributed by atoms with Crippen LogP contribution in [0.3, 0.4) is 0 Å². The Morgan fingerprint density at radius 2 is 1.55 bits per heavy atom. The largest absolute Gasteiger partial charge is 0.491 e. The van der Waals surface area contributed by atoms with E-state index in [0.29, 0.717) is 62.8 Å². The fourth-order valence-corrected chi connectivity index (χ4v) is 4.40. The van der Waals surface area contributed by atoms with Crippen molar-refractivity contribution in [1.82, 2.24) is 4.90 Å². The van der Waals surface area contributed by atoms with Crippen LogP contribution in [0.4, 0.5) is 10.5 Å². The van der Waals surface area contributed by atoms with Crippen LogP contribution in [-0.4, -0.2) is 76.7 Å². The lowest BCUT2D eigenvalue weighted by Gasteiger charge is -2.31. The number of nitrogens with one attached hydrogen (secondary N) is 1. The fourth-order valence-electron chi connectivity index (χ4n) is 4.40. The molecule has 0 saturated carbocycles. The van der Waals surface area contributed by atoms with E-state index in [2.05, 4.69) is 5.32 Å². The molecule has 3 aromatic rings. The van der Waals surface area contributed by atoms with Crippen LogP contribution in [0.2, 0.25) is 0 Å². The van der Waals surface area contributed by atoms with Gasteiger partial charge in [-0.1, -0.05) is 36.4 Å². The van der Waals surface area contributed by atoms with E-state index in [1.165, 1.54) is 0 Å². The van der Waals surface area contributed by atoms with E-state index >= 15 is 0 Å². The lowest BCUT2D eigenvalue weighted by Crippen LogP contribution is -2.42. The SMILES string of the molecule is COCCOC(=O)N1CCC(Oc2cccc(NC(=O)c3ccccc3-c3ccc(OCCOC)cc3)c2)CC1. The summed E-state index contributed by atoms with van der Waals surface area (Å²) in [6, 6.07) is 22.5. The fraction of sp³-hybridized carbons (Fsp3) is 0.355. The van der Waals surface area contributed by atoms with Crippen LogP contribution in [-0.2, 0) is 14.2 Å². The van der Waals surface area contributed by atoms with Crippen LogP contribution in [0.15, 0.2) is 72.8 Å². The van der Waals surface area contributed by atoms with Crippen molar-refractivity contribution in [3.8, 4) is 22.6 Å². The number of hydrogen-bond acceptors (Lipinski definition) is 7. The molecule has 0 aliphatic carbocycles. The maximum absolute atomic E-state index is 13.3. The van der Waals surface area contributed by atoms with Gasteiger partial charge in [0.15, 0.2) is 0 Å². The van der Waals surface area contributed by atoms with Gasteiger partial charge in [0.2, 0.25) is 0 Å². The highest BCUT2D eigenvalue weighted by molar-refractivity contribution is 6.08. The number of ether oxygens (including phenoxy) is 5. The summed E-state index contributed by atoms with van der Waals surface area (Å²) in [5.41, 5.74) is 2.93. The van der Waals surface area contributed by atoms with Gasteiger partial charge >= 0.3 is 6.09 Å². The average molecular weight is 549 g/mol. The van der Waals surface area contributed by atoms with Crippen molar-refractivity contribution in [3.05, 3.63) is 78.4 Å². The van der Waals surface area contributed by atoms with Crippen LogP contribution in [0.25, 0.3) is 11.1 Å². The van der Waals surface area contributed by atoms with Crippen molar-refractivity contribution < 1.29 is 33.3 Å². The Labute approximate surface area is 234 Å². The van der Waals surface area contributed by atoms with Gasteiger partial charge in [0, 0.05) is 57.5 Å². The van der Waals surface area contributed by atoms with Crippen molar-refractivity contribution in [2.24, 2.45) is 0 Å². The Morgan fingerprint density at radius 1 is 0.825 bits per heavy atom. The third-order valence-corrected chi connectivity index (χ3v) is 6.50. The molecule has 1 saturated heterocycles. The molecular formula is C31H36N2O7. The standard InChI is InChI=1S/C31H36N2O7/c1-36-18-20-38-25-12-10-23(11-13-25)28-8-3-4-9-29(28)30(34)32-24-6-5-7-27(22-24)40-26-14-16-33(17-15-26)31(35)39-21-19-37-2/h3-13,22,26H,14-21H2,1-2H3,(H,32,34). The minimum absolute atomic E-state index is 0.0313. The van der Waals surface area contributed by atoms with Crippen molar-refractivity contribution in [2.45, 2.75) is 18.9 Å². The molecule has 0 unspecified atom stereocenters. The van der Waals surface area contributed by atoms with E-state index < -0.39 is 0 Å². The third kappa shape index (κ3) is 8.21. The first-order chi connectivity index (χ1) is 19.6. The van der Waals surface area contributed by atoms with Crippen LogP contribution in [0, 0.1) is 0 Å². The van der Waals surface area contributed by atoms with Gasteiger partial charge in [-0.3, -0.25) is 4.79 Å². The molecule has 9 nitrogen and oxygen atoms in total. The maximum Gasteiger partial charge on any atom is 0.409 e. The predicted molar refractivity (Wildman–Crippen MR) is 152 cm³/mol. The monoisotopic (exact) mass is 548 g/mol. The number of hydrogen-bond donors (Lipinski definition) is 1. The van der Waals surface area contributed by atoms with E-state index in [-0.39, 0.29) is 24.7 Å². The van der Waals surface area contributed by atoms with Crippen LogP contribution < -0.4 is 14.8 Å². The van der Waals surface area contributed by atoms with E-state index in [4.69, 9.17) is 23.7 Å². The number of carbonyl (C=O) groups excluding carboxylic acids is 2. The van der Waals surface area contributed by atoms with Gasteiger partial charge in [-0.05, 0) is 41.5 Å². The Balaban J connectivity index is 1.34. The first-order valence-corrected chi connectivity index (χ1v) is 13.4. The number of benzene rings is 3. The first-order valence-electron chi connectivity index (χ1n) is 13.4. The summed E-state index contributed by atoms with van der Waals surface area (Å²) in [5.74, 6) is 1.19. The Bertz CT molecular complexity index is 1240. The zero-order valence-electron chi connectivity index (χ0n) is 23.0. The molecule has 3 aromatic carbocycles. The molecule has 9 heteroatoms. The summed E-state index contributed by atoms with van der Waals surface area (Å²) in [6.45, 7) is 2.73. The van der Waals surface area contributed by atoms with E-state index in [1.807, 2.05) is 72.8 Å². The Hall–Kier alpha value is -4.08. The summed E-state index contributed by atoms with van der Waals surface area (Å²) in [6.07, 6.45) is 1.03. The number of anilines is 1. The van der Waals surface area contributed by atoms with Crippen LogP contribution in [0.1, 0.15) is 23.2 Å². The quantitative estimate of drug-likeness (QED) is 0.309. The molecule has 0 spiro atoms.